The van der Waals surface area contributed by atoms with E-state index in [1.54, 1.807) is 0 Å². The lowest BCUT2D eigenvalue weighted by Crippen LogP contribution is -2.31. The lowest BCUT2D eigenvalue weighted by molar-refractivity contribution is 0.0951. The van der Waals surface area contributed by atoms with Crippen molar-refractivity contribution < 1.29 is 4.79 Å². The van der Waals surface area contributed by atoms with Crippen molar-refractivity contribution in [3.8, 4) is 11.5 Å². The number of rotatable bonds is 11. The van der Waals surface area contributed by atoms with Crippen LogP contribution in [0.25, 0.3) is 11.5 Å². The number of nitrogens with zero attached hydrogens (tertiary/aromatic N) is 4. The summed E-state index contributed by atoms with van der Waals surface area (Å²) in [6.45, 7) is 12.3. The van der Waals surface area contributed by atoms with Crippen molar-refractivity contribution in [3.63, 3.8) is 0 Å². The molecule has 0 fully saturated rings. The van der Waals surface area contributed by atoms with Crippen LogP contribution in [-0.4, -0.2) is 51.3 Å². The molecule has 0 saturated carbocycles. The van der Waals surface area contributed by atoms with Crippen LogP contribution in [0.3, 0.4) is 0 Å². The molecule has 0 unspecified atom stereocenters. The van der Waals surface area contributed by atoms with Crippen LogP contribution in [0.1, 0.15) is 54.7 Å². The van der Waals surface area contributed by atoms with Gasteiger partial charge in [-0.3, -0.25) is 4.79 Å². The molecule has 0 aliphatic rings. The maximum Gasteiger partial charge on any atom is 0.256 e. The van der Waals surface area contributed by atoms with Gasteiger partial charge in [0.2, 0.25) is 0 Å². The van der Waals surface area contributed by atoms with Gasteiger partial charge in [0.25, 0.3) is 5.91 Å². The van der Waals surface area contributed by atoms with Crippen LogP contribution in [-0.2, 0) is 0 Å². The van der Waals surface area contributed by atoms with Crippen molar-refractivity contribution in [1.29, 1.82) is 0 Å². The van der Waals surface area contributed by atoms with Crippen LogP contribution in [0, 0.1) is 13.8 Å². The first-order valence-electron chi connectivity index (χ1n) is 11.4. The van der Waals surface area contributed by atoms with Crippen LogP contribution in [0.15, 0.2) is 48.8 Å². The Morgan fingerprint density at radius 1 is 1.00 bits per heavy atom. The summed E-state index contributed by atoms with van der Waals surface area (Å²) in [5.74, 6) is 0.694. The average molecular weight is 422 g/mol. The number of benzene rings is 1. The minimum atomic E-state index is -0.0721. The average Bonchev–Trinajstić information content (AvgIpc) is 3.39. The molecule has 0 aliphatic heterocycles. The third-order valence-corrected chi connectivity index (χ3v) is 5.41. The molecule has 0 saturated heterocycles. The van der Waals surface area contributed by atoms with Gasteiger partial charge in [-0.25, -0.2) is 4.68 Å². The van der Waals surface area contributed by atoms with Gasteiger partial charge in [0, 0.05) is 18.9 Å². The summed E-state index contributed by atoms with van der Waals surface area (Å²) in [5, 5.41) is 7.84. The number of carbonyl (C=O) groups is 1. The number of amides is 1. The molecule has 1 aromatic carbocycles. The van der Waals surface area contributed by atoms with E-state index in [4.69, 9.17) is 5.10 Å². The Morgan fingerprint density at radius 2 is 1.65 bits per heavy atom. The van der Waals surface area contributed by atoms with E-state index >= 15 is 0 Å². The molecule has 0 spiro atoms. The van der Waals surface area contributed by atoms with Crippen LogP contribution in [0.4, 0.5) is 0 Å². The maximum atomic E-state index is 13.2. The van der Waals surface area contributed by atoms with Crippen molar-refractivity contribution in [1.82, 2.24) is 24.6 Å². The van der Waals surface area contributed by atoms with E-state index in [0.717, 1.165) is 56.1 Å². The second-order valence-electron chi connectivity index (χ2n) is 8.07. The maximum absolute atomic E-state index is 13.2. The smallest absolute Gasteiger partial charge is 0.256 e. The molecule has 0 atom stereocenters. The van der Waals surface area contributed by atoms with Crippen molar-refractivity contribution in [2.24, 2.45) is 0 Å². The standard InChI is InChI=1S/C25H35N5O/c1-5-15-28(16-6-2)17-9-14-26-24(31)23-21(4)27-30(22-12-10-20(3)11-13-22)25(23)29-18-7-8-19-29/h7-8,10-13,18-19H,5-6,9,14-17H2,1-4H3,(H,26,31). The fourth-order valence-corrected chi connectivity index (χ4v) is 3.92. The van der Waals surface area contributed by atoms with E-state index in [-0.39, 0.29) is 5.91 Å². The first-order valence-corrected chi connectivity index (χ1v) is 11.4. The SMILES string of the molecule is CCCN(CCC)CCCNC(=O)c1c(C)nn(-c2ccc(C)cc2)c1-n1cccc1. The van der Waals surface area contributed by atoms with E-state index < -0.39 is 0 Å². The third-order valence-electron chi connectivity index (χ3n) is 5.41. The zero-order valence-electron chi connectivity index (χ0n) is 19.3. The fourth-order valence-electron chi connectivity index (χ4n) is 3.92. The Kier molecular flexibility index (Phi) is 8.06. The summed E-state index contributed by atoms with van der Waals surface area (Å²) in [7, 11) is 0. The second-order valence-corrected chi connectivity index (χ2v) is 8.07. The lowest BCUT2D eigenvalue weighted by Gasteiger charge is -2.20. The van der Waals surface area contributed by atoms with E-state index in [1.807, 2.05) is 52.8 Å². The molecular formula is C25H35N5O. The molecular weight excluding hydrogens is 386 g/mol. The van der Waals surface area contributed by atoms with Gasteiger partial charge in [-0.15, -0.1) is 0 Å². The Hall–Kier alpha value is -2.86. The minimum Gasteiger partial charge on any atom is -0.352 e. The lowest BCUT2D eigenvalue weighted by atomic mass is 10.2. The number of aromatic nitrogens is 3. The van der Waals surface area contributed by atoms with Gasteiger partial charge in [0.05, 0.1) is 11.4 Å². The highest BCUT2D eigenvalue weighted by Crippen LogP contribution is 2.23. The first kappa shape index (κ1) is 22.8. The molecule has 0 radical (unpaired) electrons. The molecule has 6 heteroatoms. The van der Waals surface area contributed by atoms with E-state index in [2.05, 4.69) is 43.1 Å². The molecule has 3 rings (SSSR count). The van der Waals surface area contributed by atoms with Gasteiger partial charge >= 0.3 is 0 Å². The number of hydrogen-bond donors (Lipinski definition) is 1. The van der Waals surface area contributed by atoms with Gasteiger partial charge in [0.1, 0.15) is 5.56 Å². The Balaban J connectivity index is 1.79. The first-order chi connectivity index (χ1) is 15.0. The monoisotopic (exact) mass is 421 g/mol. The van der Waals surface area contributed by atoms with Crippen molar-refractivity contribution in [2.75, 3.05) is 26.2 Å². The van der Waals surface area contributed by atoms with E-state index in [0.29, 0.717) is 12.1 Å². The summed E-state index contributed by atoms with van der Waals surface area (Å²) in [6, 6.07) is 12.1. The second kappa shape index (κ2) is 11.0. The molecule has 0 bridgehead atoms. The topological polar surface area (TPSA) is 55.1 Å². The predicted molar refractivity (Wildman–Crippen MR) is 126 cm³/mol. The van der Waals surface area contributed by atoms with Crippen LogP contribution in [0.5, 0.6) is 0 Å². The molecule has 1 amide bonds. The zero-order chi connectivity index (χ0) is 22.2. The van der Waals surface area contributed by atoms with Gasteiger partial charge in [-0.05, 0) is 77.0 Å². The van der Waals surface area contributed by atoms with Gasteiger partial charge in [-0.2, -0.15) is 5.10 Å². The van der Waals surface area contributed by atoms with Crippen LogP contribution < -0.4 is 5.32 Å². The highest BCUT2D eigenvalue weighted by Gasteiger charge is 2.23. The molecule has 166 valence electrons. The quantitative estimate of drug-likeness (QED) is 0.463. The Bertz CT molecular complexity index is 951. The van der Waals surface area contributed by atoms with Gasteiger partial charge < -0.3 is 14.8 Å². The summed E-state index contributed by atoms with van der Waals surface area (Å²) >= 11 is 0. The molecule has 2 heterocycles. The number of hydrogen-bond acceptors (Lipinski definition) is 3. The van der Waals surface area contributed by atoms with E-state index in [9.17, 15) is 4.79 Å². The normalized spacial score (nSPS) is 11.3. The molecule has 6 nitrogen and oxygen atoms in total. The number of aryl methyl sites for hydroxylation is 2. The fraction of sp³-hybridized carbons (Fsp3) is 0.440. The molecule has 3 aromatic rings. The van der Waals surface area contributed by atoms with Crippen molar-refractivity contribution in [3.05, 3.63) is 65.6 Å². The number of carbonyl (C=O) groups excluding carboxylic acids is 1. The summed E-state index contributed by atoms with van der Waals surface area (Å²) in [5.41, 5.74) is 3.47. The van der Waals surface area contributed by atoms with Gasteiger partial charge in [0.15, 0.2) is 5.82 Å². The molecule has 1 N–H and O–H groups in total. The minimum absolute atomic E-state index is 0.0721. The summed E-state index contributed by atoms with van der Waals surface area (Å²) in [6.07, 6.45) is 7.15. The van der Waals surface area contributed by atoms with Gasteiger partial charge in [-0.1, -0.05) is 31.5 Å². The zero-order valence-corrected chi connectivity index (χ0v) is 19.3. The Morgan fingerprint density at radius 3 is 2.26 bits per heavy atom. The van der Waals surface area contributed by atoms with Crippen molar-refractivity contribution >= 4 is 5.91 Å². The molecule has 31 heavy (non-hydrogen) atoms. The highest BCUT2D eigenvalue weighted by atomic mass is 16.1. The van der Waals surface area contributed by atoms with Crippen LogP contribution >= 0.6 is 0 Å². The van der Waals surface area contributed by atoms with Crippen LogP contribution in [0.2, 0.25) is 0 Å². The third kappa shape index (κ3) is 5.64. The highest BCUT2D eigenvalue weighted by molar-refractivity contribution is 5.98. The molecule has 2 aromatic heterocycles. The summed E-state index contributed by atoms with van der Waals surface area (Å²) in [4.78, 5) is 15.7. The van der Waals surface area contributed by atoms with Crippen molar-refractivity contribution in [2.45, 2.75) is 47.0 Å². The molecule has 0 aliphatic carbocycles. The Labute approximate surface area is 185 Å². The summed E-state index contributed by atoms with van der Waals surface area (Å²) < 4.78 is 3.81. The largest absolute Gasteiger partial charge is 0.352 e. The van der Waals surface area contributed by atoms with E-state index in [1.165, 1.54) is 5.56 Å². The predicted octanol–water partition coefficient (Wildman–Crippen LogP) is 4.52. The number of nitrogens with one attached hydrogen (secondary N) is 1.